The first-order valence-electron chi connectivity index (χ1n) is 8.68. The molecule has 2 heterocycles. The number of carbonyl (C=O) groups excluding carboxylic acids is 1. The van der Waals surface area contributed by atoms with Gasteiger partial charge in [0, 0.05) is 52.2 Å². The molecule has 1 aromatic carbocycles. The molecule has 2 amide bonds. The van der Waals surface area contributed by atoms with E-state index in [-0.39, 0.29) is 12.6 Å². The lowest BCUT2D eigenvalue weighted by Gasteiger charge is -2.22. The van der Waals surface area contributed by atoms with Crippen LogP contribution in [0.5, 0.6) is 0 Å². The van der Waals surface area contributed by atoms with Crippen LogP contribution >= 0.6 is 0 Å². The summed E-state index contributed by atoms with van der Waals surface area (Å²) in [5.41, 5.74) is 0.531. The maximum absolute atomic E-state index is 13.2. The molecule has 0 saturated carbocycles. The van der Waals surface area contributed by atoms with Crippen LogP contribution in [0.25, 0.3) is 0 Å². The normalized spacial score (nSPS) is 15.7. The summed E-state index contributed by atoms with van der Waals surface area (Å²) in [6.07, 6.45) is 4.58. The summed E-state index contributed by atoms with van der Waals surface area (Å²) in [7, 11) is 1.97. The van der Waals surface area contributed by atoms with Crippen molar-refractivity contribution >= 4 is 6.03 Å². The smallest absolute Gasteiger partial charge is 0.317 e. The molecule has 0 aliphatic carbocycles. The van der Waals surface area contributed by atoms with E-state index in [1.54, 1.807) is 11.1 Å². The average molecular weight is 363 g/mol. The minimum Gasteiger partial charge on any atom is -0.337 e. The van der Waals surface area contributed by atoms with Gasteiger partial charge in [-0.15, -0.1) is 0 Å². The average Bonchev–Trinajstić information content (AvgIpc) is 2.88. The van der Waals surface area contributed by atoms with Crippen LogP contribution in [0.1, 0.15) is 17.8 Å². The van der Waals surface area contributed by atoms with Crippen molar-refractivity contribution in [2.75, 3.05) is 26.2 Å². The first-order valence-corrected chi connectivity index (χ1v) is 8.68. The molecule has 1 aromatic heterocycles. The molecule has 2 aromatic rings. The predicted octanol–water partition coefficient (Wildman–Crippen LogP) is 2.12. The Labute approximate surface area is 151 Å². The molecule has 0 radical (unpaired) electrons. The van der Waals surface area contributed by atoms with Gasteiger partial charge in [-0.1, -0.05) is 6.07 Å². The van der Waals surface area contributed by atoms with E-state index in [1.807, 2.05) is 17.8 Å². The van der Waals surface area contributed by atoms with E-state index in [0.717, 1.165) is 44.0 Å². The Balaban J connectivity index is 1.49. The van der Waals surface area contributed by atoms with Crippen molar-refractivity contribution in [3.05, 3.63) is 53.6 Å². The van der Waals surface area contributed by atoms with E-state index in [0.29, 0.717) is 18.7 Å². The van der Waals surface area contributed by atoms with Crippen molar-refractivity contribution in [3.8, 4) is 0 Å². The summed E-state index contributed by atoms with van der Waals surface area (Å²) in [6.45, 7) is 3.89. The monoisotopic (exact) mass is 363 g/mol. The Bertz CT molecular complexity index is 764. The van der Waals surface area contributed by atoms with Crippen LogP contribution in [0.15, 0.2) is 30.6 Å². The van der Waals surface area contributed by atoms with Gasteiger partial charge in [0.25, 0.3) is 0 Å². The highest BCUT2D eigenvalue weighted by atomic mass is 19.2. The topological polar surface area (TPSA) is 53.4 Å². The maximum atomic E-state index is 13.2. The van der Waals surface area contributed by atoms with Gasteiger partial charge in [0.1, 0.15) is 5.82 Å². The fourth-order valence-corrected chi connectivity index (χ4v) is 3.02. The summed E-state index contributed by atoms with van der Waals surface area (Å²) >= 11 is 0. The van der Waals surface area contributed by atoms with Crippen LogP contribution in [0.4, 0.5) is 13.6 Å². The maximum Gasteiger partial charge on any atom is 0.317 e. The standard InChI is InChI=1S/C18H23F2N5O/c1-23-8-5-21-17(23)13-24-6-2-7-25(10-9-24)18(26)22-12-14-3-4-15(19)16(20)11-14/h3-5,8,11H,2,6-7,9-10,12-13H2,1H3,(H,22,26). The van der Waals surface area contributed by atoms with Crippen LogP contribution in [0.2, 0.25) is 0 Å². The Hall–Kier alpha value is -2.48. The lowest BCUT2D eigenvalue weighted by atomic mass is 10.2. The highest BCUT2D eigenvalue weighted by Gasteiger charge is 2.19. The van der Waals surface area contributed by atoms with Crippen molar-refractivity contribution in [3.63, 3.8) is 0 Å². The largest absolute Gasteiger partial charge is 0.337 e. The summed E-state index contributed by atoms with van der Waals surface area (Å²) in [5.74, 6) is -0.793. The van der Waals surface area contributed by atoms with Gasteiger partial charge in [0.2, 0.25) is 0 Å². The SMILES string of the molecule is Cn1ccnc1CN1CCCN(C(=O)NCc2ccc(F)c(F)c2)CC1. The van der Waals surface area contributed by atoms with E-state index >= 15 is 0 Å². The van der Waals surface area contributed by atoms with Gasteiger partial charge in [0.15, 0.2) is 11.6 Å². The fourth-order valence-electron chi connectivity index (χ4n) is 3.02. The number of nitrogens with zero attached hydrogens (tertiary/aromatic N) is 4. The summed E-state index contributed by atoms with van der Waals surface area (Å²) in [4.78, 5) is 20.8. The Morgan fingerprint density at radius 2 is 2.04 bits per heavy atom. The first kappa shape index (κ1) is 18.3. The molecule has 3 rings (SSSR count). The second-order valence-corrected chi connectivity index (χ2v) is 6.48. The number of nitrogens with one attached hydrogen (secondary N) is 1. The molecule has 6 nitrogen and oxygen atoms in total. The third-order valence-electron chi connectivity index (χ3n) is 4.59. The summed E-state index contributed by atoms with van der Waals surface area (Å²) in [5, 5.41) is 2.78. The molecule has 1 aliphatic rings. The summed E-state index contributed by atoms with van der Waals surface area (Å²) in [6, 6.07) is 3.45. The van der Waals surface area contributed by atoms with Gasteiger partial charge in [-0.3, -0.25) is 4.90 Å². The predicted molar refractivity (Wildman–Crippen MR) is 93.3 cm³/mol. The summed E-state index contributed by atoms with van der Waals surface area (Å²) < 4.78 is 28.2. The molecular formula is C18H23F2N5O. The number of hydrogen-bond acceptors (Lipinski definition) is 3. The molecule has 0 spiro atoms. The van der Waals surface area contributed by atoms with E-state index in [2.05, 4.69) is 15.2 Å². The number of amides is 2. The van der Waals surface area contributed by atoms with Crippen LogP contribution < -0.4 is 5.32 Å². The lowest BCUT2D eigenvalue weighted by Crippen LogP contribution is -2.41. The van der Waals surface area contributed by atoms with Crippen LogP contribution in [-0.2, 0) is 20.1 Å². The fraction of sp³-hybridized carbons (Fsp3) is 0.444. The third kappa shape index (κ3) is 4.57. The van der Waals surface area contributed by atoms with Crippen LogP contribution in [0.3, 0.4) is 0 Å². The zero-order chi connectivity index (χ0) is 18.5. The number of urea groups is 1. The first-order chi connectivity index (χ1) is 12.5. The zero-order valence-electron chi connectivity index (χ0n) is 14.8. The van der Waals surface area contributed by atoms with Crippen molar-refractivity contribution in [1.29, 1.82) is 0 Å². The van der Waals surface area contributed by atoms with Crippen molar-refractivity contribution < 1.29 is 13.6 Å². The Morgan fingerprint density at radius 1 is 1.19 bits per heavy atom. The molecule has 1 fully saturated rings. The Kier molecular flexibility index (Phi) is 5.82. The number of aryl methyl sites for hydroxylation is 1. The molecule has 0 bridgehead atoms. The molecule has 8 heteroatoms. The molecule has 140 valence electrons. The van der Waals surface area contributed by atoms with E-state index in [1.165, 1.54) is 6.07 Å². The van der Waals surface area contributed by atoms with Crippen molar-refractivity contribution in [2.45, 2.75) is 19.5 Å². The van der Waals surface area contributed by atoms with E-state index < -0.39 is 11.6 Å². The van der Waals surface area contributed by atoms with Gasteiger partial charge >= 0.3 is 6.03 Å². The van der Waals surface area contributed by atoms with Gasteiger partial charge in [-0.2, -0.15) is 0 Å². The third-order valence-corrected chi connectivity index (χ3v) is 4.59. The van der Waals surface area contributed by atoms with Gasteiger partial charge < -0.3 is 14.8 Å². The number of carbonyl (C=O) groups is 1. The second-order valence-electron chi connectivity index (χ2n) is 6.48. The number of rotatable bonds is 4. The van der Waals surface area contributed by atoms with E-state index in [4.69, 9.17) is 0 Å². The number of aromatic nitrogens is 2. The molecular weight excluding hydrogens is 340 g/mol. The van der Waals surface area contributed by atoms with Crippen LogP contribution in [-0.4, -0.2) is 51.6 Å². The lowest BCUT2D eigenvalue weighted by molar-refractivity contribution is 0.197. The van der Waals surface area contributed by atoms with Crippen molar-refractivity contribution in [1.82, 2.24) is 24.7 Å². The number of imidazole rings is 1. The molecule has 0 atom stereocenters. The highest BCUT2D eigenvalue weighted by Crippen LogP contribution is 2.10. The highest BCUT2D eigenvalue weighted by molar-refractivity contribution is 5.74. The number of hydrogen-bond donors (Lipinski definition) is 1. The minimum absolute atomic E-state index is 0.170. The molecule has 26 heavy (non-hydrogen) atoms. The molecule has 1 N–H and O–H groups in total. The number of benzene rings is 1. The molecule has 0 unspecified atom stereocenters. The minimum atomic E-state index is -0.906. The second kappa shape index (κ2) is 8.27. The van der Waals surface area contributed by atoms with Crippen molar-refractivity contribution in [2.24, 2.45) is 7.05 Å². The molecule has 1 aliphatic heterocycles. The van der Waals surface area contributed by atoms with Gasteiger partial charge in [-0.05, 0) is 24.1 Å². The Morgan fingerprint density at radius 3 is 2.77 bits per heavy atom. The zero-order valence-corrected chi connectivity index (χ0v) is 14.8. The van der Waals surface area contributed by atoms with Crippen LogP contribution in [0, 0.1) is 11.6 Å². The molecule has 1 saturated heterocycles. The number of halogens is 2. The van der Waals surface area contributed by atoms with E-state index in [9.17, 15) is 13.6 Å². The quantitative estimate of drug-likeness (QED) is 0.905. The van der Waals surface area contributed by atoms with Gasteiger partial charge in [0.05, 0.1) is 6.54 Å². The van der Waals surface area contributed by atoms with Gasteiger partial charge in [-0.25, -0.2) is 18.6 Å².